The Balaban J connectivity index is 2.23. The van der Waals surface area contributed by atoms with Gasteiger partial charge in [-0.2, -0.15) is 0 Å². The summed E-state index contributed by atoms with van der Waals surface area (Å²) in [5.41, 5.74) is -0.469. The minimum atomic E-state index is -0.599. The van der Waals surface area contributed by atoms with Gasteiger partial charge < -0.3 is 10.4 Å². The number of unbranched alkanes of at least 4 members (excludes halogenated alkanes) is 5. The highest BCUT2D eigenvalue weighted by atomic mass is 16.4. The zero-order chi connectivity index (χ0) is 12.6. The van der Waals surface area contributed by atoms with E-state index in [1.165, 1.54) is 32.1 Å². The lowest BCUT2D eigenvalue weighted by molar-refractivity contribution is -0.150. The Kier molecular flexibility index (Phi) is 6.56. The van der Waals surface area contributed by atoms with Gasteiger partial charge in [0, 0.05) is 6.54 Å². The highest BCUT2D eigenvalue weighted by molar-refractivity contribution is 5.75. The number of nitrogens with one attached hydrogen (secondary N) is 1. The van der Waals surface area contributed by atoms with Gasteiger partial charge in [-0.1, -0.05) is 45.4 Å². The quantitative estimate of drug-likeness (QED) is 0.642. The number of hydrogen-bond donors (Lipinski definition) is 2. The summed E-state index contributed by atoms with van der Waals surface area (Å²) in [7, 11) is 0. The maximum absolute atomic E-state index is 11.4. The zero-order valence-corrected chi connectivity index (χ0v) is 11.1. The van der Waals surface area contributed by atoms with Crippen LogP contribution >= 0.6 is 0 Å². The Morgan fingerprint density at radius 2 is 1.94 bits per heavy atom. The summed E-state index contributed by atoms with van der Waals surface area (Å²) in [4.78, 5) is 11.4. The maximum atomic E-state index is 11.4. The van der Waals surface area contributed by atoms with Crippen LogP contribution in [0.3, 0.4) is 0 Å². The maximum Gasteiger partial charge on any atom is 0.310 e. The second-order valence-electron chi connectivity index (χ2n) is 5.38. The molecule has 0 aromatic carbocycles. The molecule has 1 atom stereocenters. The van der Waals surface area contributed by atoms with Gasteiger partial charge in [0.25, 0.3) is 0 Å². The van der Waals surface area contributed by atoms with E-state index in [1.54, 1.807) is 0 Å². The molecule has 0 aliphatic carbocycles. The van der Waals surface area contributed by atoms with Crippen molar-refractivity contribution in [3.63, 3.8) is 0 Å². The van der Waals surface area contributed by atoms with E-state index >= 15 is 0 Å². The Morgan fingerprint density at radius 1 is 1.24 bits per heavy atom. The van der Waals surface area contributed by atoms with Gasteiger partial charge in [0.1, 0.15) is 0 Å². The Morgan fingerprint density at radius 3 is 2.53 bits per heavy atom. The van der Waals surface area contributed by atoms with Crippen LogP contribution in [0.4, 0.5) is 0 Å². The third-order valence-corrected chi connectivity index (χ3v) is 3.93. The second-order valence-corrected chi connectivity index (χ2v) is 5.38. The van der Waals surface area contributed by atoms with Crippen LogP contribution in [0.1, 0.15) is 64.7 Å². The Hall–Kier alpha value is -0.570. The smallest absolute Gasteiger partial charge is 0.310 e. The van der Waals surface area contributed by atoms with Crippen molar-refractivity contribution < 1.29 is 9.90 Å². The lowest BCUT2D eigenvalue weighted by Gasteiger charge is -2.33. The van der Waals surface area contributed by atoms with Crippen molar-refractivity contribution in [1.29, 1.82) is 0 Å². The van der Waals surface area contributed by atoms with Gasteiger partial charge in [-0.25, -0.2) is 0 Å². The first-order valence-electron chi connectivity index (χ1n) is 7.15. The van der Waals surface area contributed by atoms with Crippen LogP contribution in [-0.4, -0.2) is 24.2 Å². The Labute approximate surface area is 105 Å². The topological polar surface area (TPSA) is 49.3 Å². The van der Waals surface area contributed by atoms with Crippen LogP contribution in [-0.2, 0) is 4.79 Å². The van der Waals surface area contributed by atoms with Crippen molar-refractivity contribution in [1.82, 2.24) is 5.32 Å². The third kappa shape index (κ3) is 4.66. The number of carboxylic acid groups (broad SMARTS) is 1. The molecule has 3 nitrogen and oxygen atoms in total. The van der Waals surface area contributed by atoms with Crippen LogP contribution in [0.15, 0.2) is 0 Å². The molecular formula is C14H27NO2. The molecule has 3 heteroatoms. The summed E-state index contributed by atoms with van der Waals surface area (Å²) >= 11 is 0. The lowest BCUT2D eigenvalue weighted by atomic mass is 9.76. The van der Waals surface area contributed by atoms with Gasteiger partial charge in [-0.05, 0) is 25.8 Å². The number of carbonyl (C=O) groups is 1. The molecule has 0 radical (unpaired) electrons. The molecule has 0 spiro atoms. The summed E-state index contributed by atoms with van der Waals surface area (Å²) in [6.07, 6.45) is 10.1. The first-order valence-corrected chi connectivity index (χ1v) is 7.15. The van der Waals surface area contributed by atoms with Crippen LogP contribution in [0.25, 0.3) is 0 Å². The molecule has 0 saturated carbocycles. The molecule has 0 amide bonds. The largest absolute Gasteiger partial charge is 0.481 e. The molecule has 1 heterocycles. The summed E-state index contributed by atoms with van der Waals surface area (Å²) in [5.74, 6) is -0.599. The molecule has 2 N–H and O–H groups in total. The number of carboxylic acids is 1. The molecule has 0 aromatic rings. The predicted octanol–water partition coefficient (Wildman–Crippen LogP) is 3.19. The van der Waals surface area contributed by atoms with E-state index in [2.05, 4.69) is 12.2 Å². The minimum absolute atomic E-state index is 0.469. The molecule has 1 rings (SSSR count). The molecule has 0 aromatic heterocycles. The van der Waals surface area contributed by atoms with Crippen molar-refractivity contribution in [2.75, 3.05) is 13.1 Å². The molecule has 100 valence electrons. The van der Waals surface area contributed by atoms with Crippen LogP contribution in [0, 0.1) is 5.41 Å². The van der Waals surface area contributed by atoms with E-state index in [0.717, 1.165) is 32.2 Å². The first-order chi connectivity index (χ1) is 8.21. The van der Waals surface area contributed by atoms with Gasteiger partial charge in [0.15, 0.2) is 0 Å². The zero-order valence-electron chi connectivity index (χ0n) is 11.1. The van der Waals surface area contributed by atoms with E-state index in [0.29, 0.717) is 6.54 Å². The summed E-state index contributed by atoms with van der Waals surface area (Å²) in [6.45, 7) is 3.86. The third-order valence-electron chi connectivity index (χ3n) is 3.93. The monoisotopic (exact) mass is 241 g/mol. The fourth-order valence-corrected chi connectivity index (χ4v) is 2.71. The molecule has 1 saturated heterocycles. The van der Waals surface area contributed by atoms with Crippen LogP contribution < -0.4 is 5.32 Å². The normalized spacial score (nSPS) is 24.8. The molecule has 17 heavy (non-hydrogen) atoms. The lowest BCUT2D eigenvalue weighted by Crippen LogP contribution is -2.45. The van der Waals surface area contributed by atoms with Gasteiger partial charge in [0.05, 0.1) is 5.41 Å². The molecule has 1 fully saturated rings. The van der Waals surface area contributed by atoms with Gasteiger partial charge in [-0.15, -0.1) is 0 Å². The summed E-state index contributed by atoms with van der Waals surface area (Å²) in [6, 6.07) is 0. The van der Waals surface area contributed by atoms with Crippen molar-refractivity contribution >= 4 is 5.97 Å². The average molecular weight is 241 g/mol. The Bertz CT molecular complexity index is 222. The van der Waals surface area contributed by atoms with Crippen molar-refractivity contribution in [2.24, 2.45) is 5.41 Å². The molecule has 1 aliphatic rings. The number of piperidine rings is 1. The number of aliphatic carboxylic acids is 1. The van der Waals surface area contributed by atoms with Crippen molar-refractivity contribution in [3.05, 3.63) is 0 Å². The van der Waals surface area contributed by atoms with Gasteiger partial charge in [0.2, 0.25) is 0 Å². The van der Waals surface area contributed by atoms with Crippen LogP contribution in [0.2, 0.25) is 0 Å². The van der Waals surface area contributed by atoms with E-state index in [1.807, 2.05) is 0 Å². The van der Waals surface area contributed by atoms with E-state index in [-0.39, 0.29) is 0 Å². The molecule has 1 unspecified atom stereocenters. The fraction of sp³-hybridized carbons (Fsp3) is 0.929. The average Bonchev–Trinajstić information content (AvgIpc) is 2.34. The predicted molar refractivity (Wildman–Crippen MR) is 70.2 cm³/mol. The van der Waals surface area contributed by atoms with Gasteiger partial charge >= 0.3 is 5.97 Å². The van der Waals surface area contributed by atoms with Crippen LogP contribution in [0.5, 0.6) is 0 Å². The highest BCUT2D eigenvalue weighted by Gasteiger charge is 2.38. The van der Waals surface area contributed by atoms with E-state index in [9.17, 15) is 9.90 Å². The second kappa shape index (κ2) is 7.70. The molecular weight excluding hydrogens is 214 g/mol. The molecule has 1 aliphatic heterocycles. The number of rotatable bonds is 8. The standard InChI is InChI=1S/C14H27NO2/c1-2-3-4-5-6-7-9-14(13(16)17)10-8-11-15-12-14/h15H,2-12H2,1H3,(H,16,17). The summed E-state index contributed by atoms with van der Waals surface area (Å²) < 4.78 is 0. The van der Waals surface area contributed by atoms with Crippen molar-refractivity contribution in [2.45, 2.75) is 64.7 Å². The highest BCUT2D eigenvalue weighted by Crippen LogP contribution is 2.32. The first kappa shape index (κ1) is 14.5. The summed E-state index contributed by atoms with van der Waals surface area (Å²) in [5, 5.41) is 12.6. The fourth-order valence-electron chi connectivity index (χ4n) is 2.71. The number of hydrogen-bond acceptors (Lipinski definition) is 2. The van der Waals surface area contributed by atoms with E-state index < -0.39 is 11.4 Å². The van der Waals surface area contributed by atoms with E-state index in [4.69, 9.17) is 0 Å². The SMILES string of the molecule is CCCCCCCCC1(C(=O)O)CCCNC1. The van der Waals surface area contributed by atoms with Crippen molar-refractivity contribution in [3.8, 4) is 0 Å². The minimum Gasteiger partial charge on any atom is -0.481 e. The van der Waals surface area contributed by atoms with Gasteiger partial charge in [-0.3, -0.25) is 4.79 Å². The molecule has 0 bridgehead atoms.